The van der Waals surface area contributed by atoms with E-state index in [4.69, 9.17) is 9.47 Å². The zero-order chi connectivity index (χ0) is 12.9. The van der Waals surface area contributed by atoms with Crippen molar-refractivity contribution in [3.8, 4) is 0 Å². The first kappa shape index (κ1) is 14.9. The third-order valence-electron chi connectivity index (χ3n) is 3.28. The van der Waals surface area contributed by atoms with Crippen LogP contribution in [0.25, 0.3) is 0 Å². The highest BCUT2D eigenvalue weighted by atomic mass is 16.5. The molecule has 0 aromatic carbocycles. The van der Waals surface area contributed by atoms with E-state index in [9.17, 15) is 0 Å². The van der Waals surface area contributed by atoms with Gasteiger partial charge >= 0.3 is 0 Å². The fraction of sp³-hybridized carbons (Fsp3) is 1.00. The van der Waals surface area contributed by atoms with E-state index in [1.165, 1.54) is 0 Å². The van der Waals surface area contributed by atoms with Gasteiger partial charge in [0, 0.05) is 37.9 Å². The van der Waals surface area contributed by atoms with Crippen LogP contribution < -0.4 is 5.32 Å². The minimum absolute atomic E-state index is 0.152. The molecule has 1 aliphatic heterocycles. The van der Waals surface area contributed by atoms with Gasteiger partial charge < -0.3 is 14.8 Å². The quantitative estimate of drug-likeness (QED) is 0.759. The summed E-state index contributed by atoms with van der Waals surface area (Å²) >= 11 is 0. The van der Waals surface area contributed by atoms with Gasteiger partial charge in [0.1, 0.15) is 0 Å². The highest BCUT2D eigenvalue weighted by molar-refractivity contribution is 4.83. The zero-order valence-corrected chi connectivity index (χ0v) is 12.0. The molecule has 102 valence electrons. The van der Waals surface area contributed by atoms with Crippen LogP contribution in [0.15, 0.2) is 0 Å². The maximum absolute atomic E-state index is 5.45. The Morgan fingerprint density at radius 2 is 2.18 bits per heavy atom. The van der Waals surface area contributed by atoms with Crippen molar-refractivity contribution in [3.63, 3.8) is 0 Å². The molecule has 4 heteroatoms. The van der Waals surface area contributed by atoms with Gasteiger partial charge in [-0.1, -0.05) is 0 Å². The summed E-state index contributed by atoms with van der Waals surface area (Å²) in [6.07, 6.45) is 1.13. The Labute approximate surface area is 106 Å². The van der Waals surface area contributed by atoms with Crippen molar-refractivity contribution in [1.82, 2.24) is 10.2 Å². The SMILES string of the molecule is COCC(CNC(C)(C)C)N(C)C1CCOC1. The van der Waals surface area contributed by atoms with Crippen molar-refractivity contribution in [3.05, 3.63) is 0 Å². The van der Waals surface area contributed by atoms with Gasteiger partial charge in [0.05, 0.1) is 13.2 Å². The Bertz CT molecular complexity index is 210. The Morgan fingerprint density at radius 1 is 1.47 bits per heavy atom. The Hall–Kier alpha value is -0.160. The molecule has 0 amide bonds. The summed E-state index contributed by atoms with van der Waals surface area (Å²) in [6, 6.07) is 0.947. The number of methoxy groups -OCH3 is 1. The number of nitrogens with one attached hydrogen (secondary N) is 1. The molecule has 0 aromatic rings. The van der Waals surface area contributed by atoms with Gasteiger partial charge in [-0.05, 0) is 34.2 Å². The minimum atomic E-state index is 0.152. The molecule has 0 aliphatic carbocycles. The van der Waals surface area contributed by atoms with Gasteiger partial charge in [0.25, 0.3) is 0 Å². The molecule has 2 unspecified atom stereocenters. The van der Waals surface area contributed by atoms with Crippen LogP contribution >= 0.6 is 0 Å². The fourth-order valence-corrected chi connectivity index (χ4v) is 2.08. The van der Waals surface area contributed by atoms with Crippen molar-refractivity contribution in [2.75, 3.05) is 40.5 Å². The molecule has 4 nitrogen and oxygen atoms in total. The summed E-state index contributed by atoms with van der Waals surface area (Å²) in [4.78, 5) is 2.40. The summed E-state index contributed by atoms with van der Waals surface area (Å²) in [5.74, 6) is 0. The Morgan fingerprint density at radius 3 is 2.65 bits per heavy atom. The predicted octanol–water partition coefficient (Wildman–Crippen LogP) is 1.11. The first-order valence-corrected chi connectivity index (χ1v) is 6.47. The summed E-state index contributed by atoms with van der Waals surface area (Å²) in [6.45, 7) is 10.0. The zero-order valence-electron chi connectivity index (χ0n) is 12.0. The molecule has 0 spiro atoms. The lowest BCUT2D eigenvalue weighted by molar-refractivity contribution is 0.0688. The average molecular weight is 244 g/mol. The molecule has 1 rings (SSSR count). The van der Waals surface area contributed by atoms with Crippen molar-refractivity contribution >= 4 is 0 Å². The van der Waals surface area contributed by atoms with Crippen molar-refractivity contribution in [1.29, 1.82) is 0 Å². The molecular weight excluding hydrogens is 216 g/mol. The number of ether oxygens (including phenoxy) is 2. The molecule has 2 atom stereocenters. The van der Waals surface area contributed by atoms with E-state index in [0.717, 1.165) is 32.8 Å². The molecule has 17 heavy (non-hydrogen) atoms. The van der Waals surface area contributed by atoms with E-state index in [2.05, 4.69) is 38.0 Å². The van der Waals surface area contributed by atoms with E-state index < -0.39 is 0 Å². The first-order valence-electron chi connectivity index (χ1n) is 6.47. The third-order valence-corrected chi connectivity index (χ3v) is 3.28. The molecule has 1 heterocycles. The molecule has 1 saturated heterocycles. The van der Waals surface area contributed by atoms with E-state index >= 15 is 0 Å². The number of nitrogens with zero attached hydrogens (tertiary/aromatic N) is 1. The van der Waals surface area contributed by atoms with Gasteiger partial charge in [-0.2, -0.15) is 0 Å². The lowest BCUT2D eigenvalue weighted by atomic mass is 10.1. The fourth-order valence-electron chi connectivity index (χ4n) is 2.08. The van der Waals surface area contributed by atoms with Crippen LogP contribution in [-0.4, -0.2) is 63.0 Å². The van der Waals surface area contributed by atoms with Crippen LogP contribution in [0.3, 0.4) is 0 Å². The number of hydrogen-bond acceptors (Lipinski definition) is 4. The largest absolute Gasteiger partial charge is 0.383 e. The summed E-state index contributed by atoms with van der Waals surface area (Å²) < 4.78 is 10.8. The predicted molar refractivity (Wildman–Crippen MR) is 70.4 cm³/mol. The van der Waals surface area contributed by atoms with E-state index in [1.807, 2.05) is 0 Å². The van der Waals surface area contributed by atoms with Crippen molar-refractivity contribution in [2.45, 2.75) is 44.8 Å². The molecular formula is C13H28N2O2. The first-order chi connectivity index (χ1) is 7.94. The normalized spacial score (nSPS) is 23.3. The molecule has 0 aromatic heterocycles. The van der Waals surface area contributed by atoms with Gasteiger partial charge in [-0.25, -0.2) is 0 Å². The van der Waals surface area contributed by atoms with E-state index in [-0.39, 0.29) is 5.54 Å². The van der Waals surface area contributed by atoms with E-state index in [0.29, 0.717) is 12.1 Å². The lowest BCUT2D eigenvalue weighted by Crippen LogP contribution is -2.51. The van der Waals surface area contributed by atoms with Gasteiger partial charge in [0.2, 0.25) is 0 Å². The summed E-state index contributed by atoms with van der Waals surface area (Å²) in [5, 5.41) is 3.55. The van der Waals surface area contributed by atoms with Crippen LogP contribution in [0.4, 0.5) is 0 Å². The van der Waals surface area contributed by atoms with Gasteiger partial charge in [0.15, 0.2) is 0 Å². The molecule has 0 radical (unpaired) electrons. The Balaban J connectivity index is 2.45. The summed E-state index contributed by atoms with van der Waals surface area (Å²) in [5.41, 5.74) is 0.152. The highest BCUT2D eigenvalue weighted by Crippen LogP contribution is 2.14. The lowest BCUT2D eigenvalue weighted by Gasteiger charge is -2.34. The van der Waals surface area contributed by atoms with Crippen LogP contribution in [0.2, 0.25) is 0 Å². The van der Waals surface area contributed by atoms with Crippen LogP contribution in [0.5, 0.6) is 0 Å². The van der Waals surface area contributed by atoms with Crippen LogP contribution in [0, 0.1) is 0 Å². The molecule has 1 N–H and O–H groups in total. The number of rotatable bonds is 6. The van der Waals surface area contributed by atoms with Crippen LogP contribution in [0.1, 0.15) is 27.2 Å². The second-order valence-electron chi connectivity index (χ2n) is 5.92. The third kappa shape index (κ3) is 5.34. The van der Waals surface area contributed by atoms with Crippen molar-refractivity contribution < 1.29 is 9.47 Å². The highest BCUT2D eigenvalue weighted by Gasteiger charge is 2.26. The van der Waals surface area contributed by atoms with E-state index in [1.54, 1.807) is 7.11 Å². The number of likely N-dealkylation sites (N-methyl/N-ethyl adjacent to an activating group) is 1. The molecule has 0 bridgehead atoms. The maximum atomic E-state index is 5.45. The standard InChI is InChI=1S/C13H28N2O2/c1-13(2,3)14-8-12(9-16-5)15(4)11-6-7-17-10-11/h11-12,14H,6-10H2,1-5H3. The minimum Gasteiger partial charge on any atom is -0.383 e. The second-order valence-corrected chi connectivity index (χ2v) is 5.92. The topological polar surface area (TPSA) is 33.7 Å². The Kier molecular flexibility index (Phi) is 5.86. The number of hydrogen-bond donors (Lipinski definition) is 1. The monoisotopic (exact) mass is 244 g/mol. The van der Waals surface area contributed by atoms with Crippen molar-refractivity contribution in [2.24, 2.45) is 0 Å². The second kappa shape index (κ2) is 6.69. The average Bonchev–Trinajstić information content (AvgIpc) is 2.75. The maximum Gasteiger partial charge on any atom is 0.0630 e. The summed E-state index contributed by atoms with van der Waals surface area (Å²) in [7, 11) is 3.94. The molecule has 0 saturated carbocycles. The van der Waals surface area contributed by atoms with Gasteiger partial charge in [-0.3, -0.25) is 4.90 Å². The smallest absolute Gasteiger partial charge is 0.0630 e. The molecule has 1 aliphatic rings. The van der Waals surface area contributed by atoms with Crippen LogP contribution in [-0.2, 0) is 9.47 Å². The van der Waals surface area contributed by atoms with Gasteiger partial charge in [-0.15, -0.1) is 0 Å². The molecule has 1 fully saturated rings.